The first-order valence-electron chi connectivity index (χ1n) is 4.76. The van der Waals surface area contributed by atoms with Crippen LogP contribution in [0.25, 0.3) is 0 Å². The summed E-state index contributed by atoms with van der Waals surface area (Å²) in [6, 6.07) is 0. The maximum Gasteiger partial charge on any atom is 0.0728 e. The van der Waals surface area contributed by atoms with Gasteiger partial charge in [-0.2, -0.15) is 0 Å². The van der Waals surface area contributed by atoms with Crippen molar-refractivity contribution < 1.29 is 9.47 Å². The van der Waals surface area contributed by atoms with Crippen molar-refractivity contribution in [2.45, 2.75) is 31.8 Å². The lowest BCUT2D eigenvalue weighted by Crippen LogP contribution is -2.24. The van der Waals surface area contributed by atoms with E-state index in [-0.39, 0.29) is 0 Å². The number of hydrogen-bond acceptors (Lipinski definition) is 3. The average molecular weight is 203 g/mol. The van der Waals surface area contributed by atoms with Crippen molar-refractivity contribution in [2.24, 2.45) is 5.73 Å². The Balaban J connectivity index is 1.95. The fourth-order valence-electron chi connectivity index (χ4n) is 1.34. The zero-order valence-corrected chi connectivity index (χ0v) is 8.65. The second-order valence-corrected chi connectivity index (χ2v) is 3.78. The van der Waals surface area contributed by atoms with E-state index in [9.17, 15) is 0 Å². The Morgan fingerprint density at radius 2 is 2.15 bits per heavy atom. The fraction of sp³-hybridized carbons (Fsp3) is 0.889. The normalized spacial score (nSPS) is 18.8. The molecule has 0 radical (unpaired) electrons. The van der Waals surface area contributed by atoms with Gasteiger partial charge in [0.2, 0.25) is 0 Å². The molecule has 1 aliphatic rings. The van der Waals surface area contributed by atoms with E-state index in [4.69, 9.17) is 27.4 Å². The summed E-state index contributed by atoms with van der Waals surface area (Å²) < 4.78 is 10.9. The summed E-state index contributed by atoms with van der Waals surface area (Å²) in [5.41, 5.74) is 5.37. The van der Waals surface area contributed by atoms with E-state index >= 15 is 0 Å². The van der Waals surface area contributed by atoms with Crippen LogP contribution in [0.1, 0.15) is 25.7 Å². The molecule has 1 fully saturated rings. The minimum Gasteiger partial charge on any atom is -0.393 e. The Kier molecular flexibility index (Phi) is 5.27. The smallest absolute Gasteiger partial charge is 0.0728 e. The first kappa shape index (κ1) is 10.9. The van der Waals surface area contributed by atoms with Gasteiger partial charge in [-0.3, -0.25) is 0 Å². The van der Waals surface area contributed by atoms with Gasteiger partial charge in [0.05, 0.1) is 11.1 Å². The minimum absolute atomic E-state index is 0.389. The highest BCUT2D eigenvalue weighted by atomic mass is 32.1. The summed E-state index contributed by atoms with van der Waals surface area (Å²) in [5, 5.41) is 0. The monoisotopic (exact) mass is 203 g/mol. The summed E-state index contributed by atoms with van der Waals surface area (Å²) in [4.78, 5) is 0.579. The molecule has 0 amide bonds. The molecule has 0 aromatic carbocycles. The third kappa shape index (κ3) is 5.18. The molecule has 76 valence electrons. The summed E-state index contributed by atoms with van der Waals surface area (Å²) in [5.74, 6) is 0. The van der Waals surface area contributed by atoms with Crippen LogP contribution in [-0.2, 0) is 9.47 Å². The lowest BCUT2D eigenvalue weighted by molar-refractivity contribution is -0.0319. The molecule has 0 aromatic rings. The molecule has 13 heavy (non-hydrogen) atoms. The number of ether oxygens (including phenoxy) is 2. The predicted octanol–water partition coefficient (Wildman–Crippen LogP) is 1.25. The highest BCUT2D eigenvalue weighted by Gasteiger charge is 2.13. The summed E-state index contributed by atoms with van der Waals surface area (Å²) in [7, 11) is 0. The zero-order chi connectivity index (χ0) is 9.52. The van der Waals surface area contributed by atoms with E-state index in [1.165, 1.54) is 0 Å². The standard InChI is InChI=1S/C9H17NO2S/c10-9(13)2-1-5-12-8-3-6-11-7-4-8/h8H,1-7H2,(H2,10,13). The minimum atomic E-state index is 0.389. The summed E-state index contributed by atoms with van der Waals surface area (Å²) in [6.45, 7) is 2.43. The first-order chi connectivity index (χ1) is 6.29. The van der Waals surface area contributed by atoms with Crippen molar-refractivity contribution >= 4 is 17.2 Å². The summed E-state index contributed by atoms with van der Waals surface area (Å²) in [6.07, 6.45) is 4.16. The first-order valence-corrected chi connectivity index (χ1v) is 5.17. The van der Waals surface area contributed by atoms with Crippen LogP contribution >= 0.6 is 12.2 Å². The third-order valence-electron chi connectivity index (χ3n) is 2.09. The zero-order valence-electron chi connectivity index (χ0n) is 7.83. The molecule has 0 unspecified atom stereocenters. The van der Waals surface area contributed by atoms with Crippen LogP contribution in [0.15, 0.2) is 0 Å². The molecule has 4 heteroatoms. The topological polar surface area (TPSA) is 44.5 Å². The second kappa shape index (κ2) is 6.29. The molecule has 2 N–H and O–H groups in total. The van der Waals surface area contributed by atoms with Gasteiger partial charge in [-0.15, -0.1) is 0 Å². The van der Waals surface area contributed by atoms with Crippen LogP contribution < -0.4 is 5.73 Å². The maximum absolute atomic E-state index is 5.64. The van der Waals surface area contributed by atoms with E-state index in [0.29, 0.717) is 11.1 Å². The van der Waals surface area contributed by atoms with E-state index in [2.05, 4.69) is 0 Å². The quantitative estimate of drug-likeness (QED) is 0.539. The number of rotatable bonds is 5. The molecule has 0 aromatic heterocycles. The highest BCUT2D eigenvalue weighted by Crippen LogP contribution is 2.10. The van der Waals surface area contributed by atoms with E-state index in [1.54, 1.807) is 0 Å². The van der Waals surface area contributed by atoms with Crippen LogP contribution in [0.5, 0.6) is 0 Å². The van der Waals surface area contributed by atoms with Gasteiger partial charge in [-0.25, -0.2) is 0 Å². The van der Waals surface area contributed by atoms with Gasteiger partial charge in [0, 0.05) is 19.8 Å². The molecular formula is C9H17NO2S. The van der Waals surface area contributed by atoms with Crippen molar-refractivity contribution in [3.05, 3.63) is 0 Å². The Morgan fingerprint density at radius 3 is 2.77 bits per heavy atom. The molecule has 1 rings (SSSR count). The van der Waals surface area contributed by atoms with E-state index < -0.39 is 0 Å². The fourth-order valence-corrected chi connectivity index (χ4v) is 1.48. The van der Waals surface area contributed by atoms with Gasteiger partial charge in [-0.1, -0.05) is 12.2 Å². The van der Waals surface area contributed by atoms with Crippen molar-refractivity contribution in [1.82, 2.24) is 0 Å². The predicted molar refractivity (Wildman–Crippen MR) is 55.8 cm³/mol. The molecule has 3 nitrogen and oxygen atoms in total. The SMILES string of the molecule is NC(=S)CCCOC1CCOCC1. The summed E-state index contributed by atoms with van der Waals surface area (Å²) >= 11 is 4.77. The Labute approximate surface area is 84.6 Å². The molecule has 1 saturated heterocycles. The molecule has 0 aliphatic carbocycles. The van der Waals surface area contributed by atoms with Gasteiger partial charge >= 0.3 is 0 Å². The highest BCUT2D eigenvalue weighted by molar-refractivity contribution is 7.80. The lowest BCUT2D eigenvalue weighted by atomic mass is 10.1. The molecule has 1 heterocycles. The van der Waals surface area contributed by atoms with E-state index in [0.717, 1.165) is 45.5 Å². The number of hydrogen-bond donors (Lipinski definition) is 1. The van der Waals surface area contributed by atoms with Crippen molar-refractivity contribution in [3.8, 4) is 0 Å². The van der Waals surface area contributed by atoms with E-state index in [1.807, 2.05) is 0 Å². The van der Waals surface area contributed by atoms with Crippen LogP contribution in [-0.4, -0.2) is 30.9 Å². The lowest BCUT2D eigenvalue weighted by Gasteiger charge is -2.22. The number of thiocarbonyl (C=S) groups is 1. The van der Waals surface area contributed by atoms with Crippen molar-refractivity contribution in [2.75, 3.05) is 19.8 Å². The Bertz CT molecular complexity index is 158. The molecule has 0 spiro atoms. The second-order valence-electron chi connectivity index (χ2n) is 3.25. The van der Waals surface area contributed by atoms with Gasteiger partial charge in [0.25, 0.3) is 0 Å². The number of nitrogens with two attached hydrogens (primary N) is 1. The van der Waals surface area contributed by atoms with Gasteiger partial charge < -0.3 is 15.2 Å². The molecule has 1 aliphatic heterocycles. The molecule has 0 saturated carbocycles. The van der Waals surface area contributed by atoms with Crippen molar-refractivity contribution in [3.63, 3.8) is 0 Å². The van der Waals surface area contributed by atoms with Crippen LogP contribution in [0.2, 0.25) is 0 Å². The van der Waals surface area contributed by atoms with Crippen LogP contribution in [0, 0.1) is 0 Å². The van der Waals surface area contributed by atoms with Crippen LogP contribution in [0.4, 0.5) is 0 Å². The maximum atomic E-state index is 5.64. The van der Waals surface area contributed by atoms with Crippen molar-refractivity contribution in [1.29, 1.82) is 0 Å². The third-order valence-corrected chi connectivity index (χ3v) is 2.29. The largest absolute Gasteiger partial charge is 0.393 e. The van der Waals surface area contributed by atoms with Gasteiger partial charge in [0.15, 0.2) is 0 Å². The molecular weight excluding hydrogens is 186 g/mol. The van der Waals surface area contributed by atoms with Gasteiger partial charge in [0.1, 0.15) is 0 Å². The molecule has 0 atom stereocenters. The Morgan fingerprint density at radius 1 is 1.46 bits per heavy atom. The Hall–Kier alpha value is -0.190. The molecule has 0 bridgehead atoms. The van der Waals surface area contributed by atoms with Gasteiger partial charge in [-0.05, 0) is 25.7 Å². The average Bonchev–Trinajstić information content (AvgIpc) is 2.14. The van der Waals surface area contributed by atoms with Crippen LogP contribution in [0.3, 0.4) is 0 Å².